The van der Waals surface area contributed by atoms with Gasteiger partial charge in [0.15, 0.2) is 4.96 Å². The molecule has 3 heterocycles. The van der Waals surface area contributed by atoms with Gasteiger partial charge in [0.05, 0.1) is 5.69 Å². The van der Waals surface area contributed by atoms with Crippen molar-refractivity contribution >= 4 is 16.3 Å². The standard InChI is InChI=1S/C11H14N4OS/c12-8-1-2-14(6-8)7-9-5-10(16)15-3-4-17-11(15)13-9/h3-5,8H,1-2,6-7,12H2. The highest BCUT2D eigenvalue weighted by Gasteiger charge is 2.19. The van der Waals surface area contributed by atoms with Gasteiger partial charge in [-0.25, -0.2) is 4.98 Å². The van der Waals surface area contributed by atoms with Gasteiger partial charge in [0.2, 0.25) is 0 Å². The largest absolute Gasteiger partial charge is 0.326 e. The van der Waals surface area contributed by atoms with Gasteiger partial charge in [-0.05, 0) is 6.42 Å². The molecule has 1 saturated heterocycles. The summed E-state index contributed by atoms with van der Waals surface area (Å²) < 4.78 is 1.57. The predicted molar refractivity (Wildman–Crippen MR) is 67.2 cm³/mol. The third kappa shape index (κ3) is 2.11. The molecule has 0 bridgehead atoms. The Balaban J connectivity index is 1.88. The molecule has 2 aromatic heterocycles. The molecule has 1 aliphatic heterocycles. The molecule has 2 aromatic rings. The van der Waals surface area contributed by atoms with Crippen molar-refractivity contribution in [1.82, 2.24) is 14.3 Å². The van der Waals surface area contributed by atoms with Gasteiger partial charge in [-0.1, -0.05) is 0 Å². The maximum absolute atomic E-state index is 11.8. The molecule has 0 radical (unpaired) electrons. The van der Waals surface area contributed by atoms with Crippen molar-refractivity contribution in [2.24, 2.45) is 5.73 Å². The van der Waals surface area contributed by atoms with Crippen LogP contribution in [0.2, 0.25) is 0 Å². The number of rotatable bonds is 2. The highest BCUT2D eigenvalue weighted by Crippen LogP contribution is 2.12. The molecular formula is C11H14N4OS. The Hall–Kier alpha value is -1.24. The molecule has 0 amide bonds. The van der Waals surface area contributed by atoms with Crippen LogP contribution in [0, 0.1) is 0 Å². The van der Waals surface area contributed by atoms with E-state index < -0.39 is 0 Å². The SMILES string of the molecule is NC1CCN(Cc2cc(=O)n3ccsc3n2)C1. The van der Waals surface area contributed by atoms with Crippen LogP contribution in [-0.2, 0) is 6.54 Å². The molecule has 0 spiro atoms. The van der Waals surface area contributed by atoms with Gasteiger partial charge in [0.25, 0.3) is 5.56 Å². The molecule has 90 valence electrons. The topological polar surface area (TPSA) is 63.6 Å². The first-order valence-corrected chi connectivity index (χ1v) is 6.54. The lowest BCUT2D eigenvalue weighted by Gasteiger charge is -2.13. The van der Waals surface area contributed by atoms with Gasteiger partial charge in [0, 0.05) is 43.3 Å². The minimum Gasteiger partial charge on any atom is -0.326 e. The minimum atomic E-state index is -0.00487. The highest BCUT2D eigenvalue weighted by atomic mass is 32.1. The number of thiazole rings is 1. The number of fused-ring (bicyclic) bond motifs is 1. The van der Waals surface area contributed by atoms with Crippen LogP contribution in [0.25, 0.3) is 4.96 Å². The molecule has 17 heavy (non-hydrogen) atoms. The summed E-state index contributed by atoms with van der Waals surface area (Å²) >= 11 is 1.48. The second kappa shape index (κ2) is 4.21. The third-order valence-corrected chi connectivity index (χ3v) is 3.81. The van der Waals surface area contributed by atoms with Gasteiger partial charge in [-0.3, -0.25) is 14.1 Å². The van der Waals surface area contributed by atoms with Crippen LogP contribution in [0.1, 0.15) is 12.1 Å². The fourth-order valence-electron chi connectivity index (χ4n) is 2.20. The van der Waals surface area contributed by atoms with E-state index in [0.717, 1.165) is 36.7 Å². The predicted octanol–water partition coefficient (Wildman–Crippen LogP) is 0.289. The summed E-state index contributed by atoms with van der Waals surface area (Å²) in [6.07, 6.45) is 2.78. The zero-order valence-corrected chi connectivity index (χ0v) is 10.2. The zero-order valence-electron chi connectivity index (χ0n) is 9.37. The number of nitrogens with zero attached hydrogens (tertiary/aromatic N) is 3. The molecule has 1 aliphatic rings. The van der Waals surface area contributed by atoms with E-state index in [1.54, 1.807) is 16.7 Å². The van der Waals surface area contributed by atoms with Crippen molar-refractivity contribution in [3.63, 3.8) is 0 Å². The molecule has 1 fully saturated rings. The van der Waals surface area contributed by atoms with E-state index in [1.807, 2.05) is 5.38 Å². The van der Waals surface area contributed by atoms with E-state index in [0.29, 0.717) is 0 Å². The van der Waals surface area contributed by atoms with Crippen LogP contribution in [0.5, 0.6) is 0 Å². The van der Waals surface area contributed by atoms with Crippen LogP contribution in [0.15, 0.2) is 22.4 Å². The smallest absolute Gasteiger partial charge is 0.258 e. The molecule has 0 saturated carbocycles. The number of nitrogens with two attached hydrogens (primary N) is 1. The second-order valence-corrected chi connectivity index (χ2v) is 5.30. The first-order valence-electron chi connectivity index (χ1n) is 5.66. The maximum atomic E-state index is 11.8. The molecule has 3 rings (SSSR count). The summed E-state index contributed by atoms with van der Waals surface area (Å²) in [5.41, 5.74) is 6.69. The van der Waals surface area contributed by atoms with E-state index in [2.05, 4.69) is 9.88 Å². The van der Waals surface area contributed by atoms with Crippen LogP contribution in [0.3, 0.4) is 0 Å². The van der Waals surface area contributed by atoms with E-state index in [4.69, 9.17) is 5.73 Å². The summed E-state index contributed by atoms with van der Waals surface area (Å²) in [6, 6.07) is 1.88. The van der Waals surface area contributed by atoms with Crippen LogP contribution in [0.4, 0.5) is 0 Å². The number of hydrogen-bond acceptors (Lipinski definition) is 5. The lowest BCUT2D eigenvalue weighted by Crippen LogP contribution is -2.27. The van der Waals surface area contributed by atoms with Crippen LogP contribution < -0.4 is 11.3 Å². The van der Waals surface area contributed by atoms with E-state index in [-0.39, 0.29) is 11.6 Å². The summed E-state index contributed by atoms with van der Waals surface area (Å²) in [6.45, 7) is 2.61. The van der Waals surface area contributed by atoms with Crippen molar-refractivity contribution < 1.29 is 0 Å². The minimum absolute atomic E-state index is 0.00487. The Morgan fingerprint density at radius 1 is 1.59 bits per heavy atom. The normalized spacial score (nSPS) is 21.4. The Morgan fingerprint density at radius 2 is 2.47 bits per heavy atom. The highest BCUT2D eigenvalue weighted by molar-refractivity contribution is 7.15. The number of aromatic nitrogens is 2. The molecule has 1 atom stereocenters. The Labute approximate surface area is 103 Å². The Kier molecular flexibility index (Phi) is 2.70. The lowest BCUT2D eigenvalue weighted by molar-refractivity contribution is 0.323. The Morgan fingerprint density at radius 3 is 3.24 bits per heavy atom. The van der Waals surface area contributed by atoms with Crippen molar-refractivity contribution in [2.45, 2.75) is 19.0 Å². The van der Waals surface area contributed by atoms with Crippen LogP contribution >= 0.6 is 11.3 Å². The fraction of sp³-hybridized carbons (Fsp3) is 0.455. The van der Waals surface area contributed by atoms with Gasteiger partial charge in [-0.15, -0.1) is 11.3 Å². The van der Waals surface area contributed by atoms with Crippen molar-refractivity contribution in [3.05, 3.63) is 33.7 Å². The fourth-order valence-corrected chi connectivity index (χ4v) is 2.94. The van der Waals surface area contributed by atoms with Crippen molar-refractivity contribution in [1.29, 1.82) is 0 Å². The quantitative estimate of drug-likeness (QED) is 0.832. The zero-order chi connectivity index (χ0) is 11.8. The molecule has 5 nitrogen and oxygen atoms in total. The van der Waals surface area contributed by atoms with Gasteiger partial charge < -0.3 is 5.73 Å². The van der Waals surface area contributed by atoms with Crippen molar-refractivity contribution in [2.75, 3.05) is 13.1 Å². The molecule has 0 aromatic carbocycles. The summed E-state index contributed by atoms with van der Waals surface area (Å²) in [7, 11) is 0. The Bertz CT molecular complexity index is 590. The van der Waals surface area contributed by atoms with Gasteiger partial charge in [0.1, 0.15) is 0 Å². The molecule has 6 heteroatoms. The first-order chi connectivity index (χ1) is 8.22. The molecule has 0 aliphatic carbocycles. The monoisotopic (exact) mass is 250 g/mol. The average Bonchev–Trinajstić information content (AvgIpc) is 2.87. The molecule has 1 unspecified atom stereocenters. The average molecular weight is 250 g/mol. The van der Waals surface area contributed by atoms with Gasteiger partial charge >= 0.3 is 0 Å². The summed E-state index contributed by atoms with van der Waals surface area (Å²) in [5.74, 6) is 0. The van der Waals surface area contributed by atoms with E-state index in [1.165, 1.54) is 11.3 Å². The number of hydrogen-bond donors (Lipinski definition) is 1. The number of likely N-dealkylation sites (tertiary alicyclic amines) is 1. The third-order valence-electron chi connectivity index (χ3n) is 3.05. The first kappa shape index (κ1) is 10.9. The van der Waals surface area contributed by atoms with E-state index in [9.17, 15) is 4.79 Å². The molecular weight excluding hydrogens is 236 g/mol. The maximum Gasteiger partial charge on any atom is 0.258 e. The van der Waals surface area contributed by atoms with Crippen LogP contribution in [-0.4, -0.2) is 33.4 Å². The molecule has 2 N–H and O–H groups in total. The lowest BCUT2D eigenvalue weighted by atomic mass is 10.3. The van der Waals surface area contributed by atoms with E-state index >= 15 is 0 Å². The van der Waals surface area contributed by atoms with Crippen molar-refractivity contribution in [3.8, 4) is 0 Å². The van der Waals surface area contributed by atoms with Gasteiger partial charge in [-0.2, -0.15) is 0 Å². The summed E-state index contributed by atoms with van der Waals surface area (Å²) in [4.78, 5) is 19.3. The summed E-state index contributed by atoms with van der Waals surface area (Å²) in [5, 5.41) is 1.87. The second-order valence-electron chi connectivity index (χ2n) is 4.43.